The van der Waals surface area contributed by atoms with Gasteiger partial charge in [0.1, 0.15) is 6.33 Å². The molecule has 0 radical (unpaired) electrons. The minimum atomic E-state index is -0.134. The zero-order valence-electron chi connectivity index (χ0n) is 17.7. The Bertz CT molecular complexity index is 1000. The lowest BCUT2D eigenvalue weighted by Gasteiger charge is -2.34. The van der Waals surface area contributed by atoms with Gasteiger partial charge in [-0.25, -0.2) is 9.97 Å². The third-order valence-corrected chi connectivity index (χ3v) is 5.38. The van der Waals surface area contributed by atoms with Crippen LogP contribution in [0.2, 0.25) is 0 Å². The number of carbonyl (C=O) groups is 1. The van der Waals surface area contributed by atoms with Crippen LogP contribution in [0.5, 0.6) is 0 Å². The largest absolute Gasteiger partial charge is 0.355 e. The molecule has 0 spiro atoms. The molecule has 0 saturated carbocycles. The van der Waals surface area contributed by atoms with Gasteiger partial charge in [-0.3, -0.25) is 9.69 Å². The molecule has 1 fully saturated rings. The van der Waals surface area contributed by atoms with Crippen LogP contribution in [0, 0.1) is 0 Å². The molecule has 1 saturated heterocycles. The van der Waals surface area contributed by atoms with Crippen LogP contribution in [0.15, 0.2) is 60.9 Å². The first-order chi connectivity index (χ1) is 15.2. The van der Waals surface area contributed by atoms with E-state index in [0.29, 0.717) is 17.5 Å². The number of hydrogen-bond donors (Lipinski definition) is 2. The van der Waals surface area contributed by atoms with E-state index < -0.39 is 0 Å². The van der Waals surface area contributed by atoms with E-state index in [2.05, 4.69) is 65.7 Å². The van der Waals surface area contributed by atoms with Gasteiger partial charge in [-0.2, -0.15) is 4.98 Å². The van der Waals surface area contributed by atoms with Crippen molar-refractivity contribution in [3.05, 3.63) is 72.1 Å². The number of rotatable bonds is 7. The van der Waals surface area contributed by atoms with Gasteiger partial charge in [0.15, 0.2) is 0 Å². The van der Waals surface area contributed by atoms with Crippen LogP contribution in [0.3, 0.4) is 0 Å². The summed E-state index contributed by atoms with van der Waals surface area (Å²) >= 11 is 0. The predicted molar refractivity (Wildman–Crippen MR) is 122 cm³/mol. The first-order valence-corrected chi connectivity index (χ1v) is 10.5. The lowest BCUT2D eigenvalue weighted by atomic mass is 10.1. The van der Waals surface area contributed by atoms with E-state index in [4.69, 9.17) is 0 Å². The van der Waals surface area contributed by atoms with Crippen LogP contribution in [0.4, 0.5) is 17.6 Å². The van der Waals surface area contributed by atoms with Crippen molar-refractivity contribution in [1.29, 1.82) is 0 Å². The Kier molecular flexibility index (Phi) is 6.68. The molecule has 0 aliphatic carbocycles. The Balaban J connectivity index is 1.33. The van der Waals surface area contributed by atoms with E-state index in [1.165, 1.54) is 11.9 Å². The summed E-state index contributed by atoms with van der Waals surface area (Å²) in [4.78, 5) is 29.7. The average molecular weight is 418 g/mol. The molecule has 8 nitrogen and oxygen atoms in total. The third kappa shape index (κ3) is 5.55. The van der Waals surface area contributed by atoms with E-state index in [-0.39, 0.29) is 5.91 Å². The van der Waals surface area contributed by atoms with Gasteiger partial charge in [-0.05, 0) is 30.2 Å². The summed E-state index contributed by atoms with van der Waals surface area (Å²) in [6.07, 6.45) is 2.59. The van der Waals surface area contributed by atoms with Crippen LogP contribution < -0.4 is 15.5 Å². The number of nitrogens with one attached hydrogen (secondary N) is 2. The van der Waals surface area contributed by atoms with E-state index in [0.717, 1.165) is 44.8 Å². The van der Waals surface area contributed by atoms with Crippen LogP contribution in [0.1, 0.15) is 15.9 Å². The number of anilines is 3. The van der Waals surface area contributed by atoms with Crippen molar-refractivity contribution < 1.29 is 4.79 Å². The molecule has 2 aromatic carbocycles. The summed E-state index contributed by atoms with van der Waals surface area (Å²) in [6, 6.07) is 17.8. The number of amides is 1. The second-order valence-corrected chi connectivity index (χ2v) is 7.46. The Labute approximate surface area is 182 Å². The minimum absolute atomic E-state index is 0.134. The second kappa shape index (κ2) is 9.99. The highest BCUT2D eigenvalue weighted by atomic mass is 16.1. The molecule has 31 heavy (non-hydrogen) atoms. The molecule has 1 amide bonds. The van der Waals surface area contributed by atoms with Crippen molar-refractivity contribution in [2.24, 2.45) is 0 Å². The van der Waals surface area contributed by atoms with Gasteiger partial charge in [0.25, 0.3) is 5.91 Å². The topological polar surface area (TPSA) is 86.3 Å². The minimum Gasteiger partial charge on any atom is -0.355 e. The fourth-order valence-electron chi connectivity index (χ4n) is 3.62. The van der Waals surface area contributed by atoms with Gasteiger partial charge in [-0.15, -0.1) is 0 Å². The van der Waals surface area contributed by atoms with E-state index in [9.17, 15) is 4.79 Å². The normalized spacial score (nSPS) is 14.3. The molecule has 0 unspecified atom stereocenters. The highest BCUT2D eigenvalue weighted by Crippen LogP contribution is 2.17. The summed E-state index contributed by atoms with van der Waals surface area (Å²) in [7, 11) is 1.61. The number of carbonyl (C=O) groups excluding carboxylic acids is 1. The molecular formula is C23H27N7O. The summed E-state index contributed by atoms with van der Waals surface area (Å²) in [5.41, 5.74) is 2.70. The summed E-state index contributed by atoms with van der Waals surface area (Å²) in [5, 5.41) is 5.80. The average Bonchev–Trinajstić information content (AvgIpc) is 2.83. The maximum Gasteiger partial charge on any atom is 0.251 e. The van der Waals surface area contributed by atoms with Crippen molar-refractivity contribution in [2.45, 2.75) is 6.42 Å². The number of benzene rings is 2. The van der Waals surface area contributed by atoms with Crippen LogP contribution >= 0.6 is 0 Å². The molecule has 2 heterocycles. The van der Waals surface area contributed by atoms with Gasteiger partial charge >= 0.3 is 0 Å². The van der Waals surface area contributed by atoms with Crippen LogP contribution in [-0.4, -0.2) is 65.5 Å². The molecule has 1 aromatic heterocycles. The lowest BCUT2D eigenvalue weighted by molar-refractivity contribution is 0.0963. The molecule has 2 N–H and O–H groups in total. The molecule has 4 rings (SSSR count). The first kappa shape index (κ1) is 20.7. The monoisotopic (exact) mass is 417 g/mol. The van der Waals surface area contributed by atoms with E-state index >= 15 is 0 Å². The van der Waals surface area contributed by atoms with Gasteiger partial charge in [0.2, 0.25) is 11.9 Å². The fourth-order valence-corrected chi connectivity index (χ4v) is 3.62. The fraction of sp³-hybridized carbons (Fsp3) is 0.304. The number of aromatic nitrogens is 3. The second-order valence-electron chi connectivity index (χ2n) is 7.46. The number of nitrogens with zero attached hydrogens (tertiary/aromatic N) is 5. The predicted octanol–water partition coefficient (Wildman–Crippen LogP) is 2.34. The summed E-state index contributed by atoms with van der Waals surface area (Å²) in [5.74, 6) is 0.998. The Hall–Kier alpha value is -3.52. The van der Waals surface area contributed by atoms with Gasteiger partial charge in [0, 0.05) is 51.0 Å². The molecule has 0 atom stereocenters. The van der Waals surface area contributed by atoms with Crippen molar-refractivity contribution in [2.75, 3.05) is 50.0 Å². The van der Waals surface area contributed by atoms with Crippen molar-refractivity contribution >= 4 is 23.5 Å². The molecular weight excluding hydrogens is 390 g/mol. The molecule has 8 heteroatoms. The highest BCUT2D eigenvalue weighted by molar-refractivity contribution is 5.95. The van der Waals surface area contributed by atoms with Crippen LogP contribution in [0.25, 0.3) is 0 Å². The third-order valence-electron chi connectivity index (χ3n) is 5.38. The van der Waals surface area contributed by atoms with Gasteiger partial charge in [-0.1, -0.05) is 36.4 Å². The maximum absolute atomic E-state index is 11.8. The molecule has 1 aliphatic rings. The van der Waals surface area contributed by atoms with Crippen molar-refractivity contribution in [3.63, 3.8) is 0 Å². The Morgan fingerprint density at radius 3 is 2.58 bits per heavy atom. The molecule has 160 valence electrons. The molecule has 1 aliphatic heterocycles. The quantitative estimate of drug-likeness (QED) is 0.610. The van der Waals surface area contributed by atoms with E-state index in [1.807, 2.05) is 12.1 Å². The highest BCUT2D eigenvalue weighted by Gasteiger charge is 2.19. The Morgan fingerprint density at radius 2 is 1.81 bits per heavy atom. The van der Waals surface area contributed by atoms with Crippen molar-refractivity contribution in [3.8, 4) is 0 Å². The Morgan fingerprint density at radius 1 is 1.00 bits per heavy atom. The summed E-state index contributed by atoms with van der Waals surface area (Å²) in [6.45, 7) is 4.78. The lowest BCUT2D eigenvalue weighted by Crippen LogP contribution is -2.47. The zero-order chi connectivity index (χ0) is 21.5. The molecule has 0 bridgehead atoms. The SMILES string of the molecule is CNC(=O)c1cccc(Nc2ncnc(N3CCN(CCc4ccccc4)CC3)n2)c1. The smallest absolute Gasteiger partial charge is 0.251 e. The van der Waals surface area contributed by atoms with Gasteiger partial charge in [0.05, 0.1) is 0 Å². The first-order valence-electron chi connectivity index (χ1n) is 10.5. The maximum atomic E-state index is 11.8. The number of piperazine rings is 1. The molecule has 3 aromatic rings. The van der Waals surface area contributed by atoms with E-state index in [1.54, 1.807) is 19.2 Å². The summed E-state index contributed by atoms with van der Waals surface area (Å²) < 4.78 is 0. The van der Waals surface area contributed by atoms with Crippen LogP contribution in [-0.2, 0) is 6.42 Å². The standard InChI is InChI=1S/C23H27N7O/c1-24-21(31)19-8-5-9-20(16-19)27-22-25-17-26-23(28-22)30-14-12-29(13-15-30)11-10-18-6-3-2-4-7-18/h2-9,16-17H,10-15H2,1H3,(H,24,31)(H,25,26,27,28). The zero-order valence-corrected chi connectivity index (χ0v) is 17.7. The number of hydrogen-bond acceptors (Lipinski definition) is 7. The van der Waals surface area contributed by atoms with Crippen molar-refractivity contribution in [1.82, 2.24) is 25.2 Å². The van der Waals surface area contributed by atoms with Gasteiger partial charge < -0.3 is 15.5 Å².